The zero-order chi connectivity index (χ0) is 36.3. The van der Waals surface area contributed by atoms with E-state index in [1.54, 1.807) is 0 Å². The normalized spacial score (nSPS) is 12.5. The molecular formula is C38H57ClN8O3. The maximum absolute atomic E-state index is 12.9. The molecule has 0 fully saturated rings. The van der Waals surface area contributed by atoms with Crippen molar-refractivity contribution in [3.05, 3.63) is 88.2 Å². The zero-order valence-corrected chi connectivity index (χ0v) is 30.5. The average Bonchev–Trinajstić information content (AvgIpc) is 3.10. The maximum atomic E-state index is 12.9. The van der Waals surface area contributed by atoms with Gasteiger partial charge in [0.2, 0.25) is 0 Å². The van der Waals surface area contributed by atoms with E-state index in [9.17, 15) is 9.90 Å². The van der Waals surface area contributed by atoms with E-state index in [2.05, 4.69) is 69.4 Å². The Morgan fingerprint density at radius 2 is 1.72 bits per heavy atom. The first-order valence-electron chi connectivity index (χ1n) is 17.8. The number of carbonyl (C=O) groups is 1. The van der Waals surface area contributed by atoms with Crippen molar-refractivity contribution in [1.82, 2.24) is 30.8 Å². The summed E-state index contributed by atoms with van der Waals surface area (Å²) >= 11 is 6.09. The fourth-order valence-corrected chi connectivity index (χ4v) is 5.86. The third-order valence-electron chi connectivity index (χ3n) is 8.83. The summed E-state index contributed by atoms with van der Waals surface area (Å²) in [6.45, 7) is 13.3. The number of aryl methyl sites for hydroxylation is 1. The number of halogens is 1. The van der Waals surface area contributed by atoms with Gasteiger partial charge in [0, 0.05) is 51.4 Å². The van der Waals surface area contributed by atoms with Crippen LogP contribution in [0.5, 0.6) is 0 Å². The smallest absolute Gasteiger partial charge is 0.251 e. The molecule has 0 spiro atoms. The van der Waals surface area contributed by atoms with Crippen LogP contribution in [0, 0.1) is 12.8 Å². The van der Waals surface area contributed by atoms with Gasteiger partial charge in [0.25, 0.3) is 5.91 Å². The van der Waals surface area contributed by atoms with Crippen LogP contribution in [0.3, 0.4) is 0 Å². The van der Waals surface area contributed by atoms with E-state index in [0.717, 1.165) is 38.0 Å². The van der Waals surface area contributed by atoms with Gasteiger partial charge in [-0.15, -0.1) is 0 Å². The van der Waals surface area contributed by atoms with Crippen LogP contribution in [0.25, 0.3) is 5.70 Å². The number of benzene rings is 2. The Kier molecular flexibility index (Phi) is 18.0. The zero-order valence-electron chi connectivity index (χ0n) is 29.8. The van der Waals surface area contributed by atoms with Crippen molar-refractivity contribution in [2.75, 3.05) is 57.3 Å². The second-order valence-corrected chi connectivity index (χ2v) is 13.3. The maximum Gasteiger partial charge on any atom is 0.251 e. The van der Waals surface area contributed by atoms with Crippen LogP contribution < -0.4 is 27.4 Å². The first-order chi connectivity index (χ1) is 24.1. The van der Waals surface area contributed by atoms with Gasteiger partial charge in [0.1, 0.15) is 5.69 Å². The van der Waals surface area contributed by atoms with E-state index in [1.807, 2.05) is 30.3 Å². The Balaban J connectivity index is 1.51. The monoisotopic (exact) mass is 708 g/mol. The first kappa shape index (κ1) is 40.7. The van der Waals surface area contributed by atoms with Crippen molar-refractivity contribution in [3.63, 3.8) is 0 Å². The van der Waals surface area contributed by atoms with Crippen LogP contribution in [-0.4, -0.2) is 83.0 Å². The van der Waals surface area contributed by atoms with Crippen molar-refractivity contribution in [2.24, 2.45) is 5.92 Å². The van der Waals surface area contributed by atoms with Gasteiger partial charge in [-0.05, 0) is 73.9 Å². The molecule has 0 unspecified atom stereocenters. The summed E-state index contributed by atoms with van der Waals surface area (Å²) in [6, 6.07) is 16.0. The van der Waals surface area contributed by atoms with Crippen LogP contribution in [0.2, 0.25) is 5.15 Å². The van der Waals surface area contributed by atoms with E-state index in [0.29, 0.717) is 56.0 Å². The third-order valence-corrected chi connectivity index (χ3v) is 9.10. The molecule has 1 heterocycles. The third kappa shape index (κ3) is 14.2. The highest BCUT2D eigenvalue weighted by Crippen LogP contribution is 2.22. The van der Waals surface area contributed by atoms with Crippen molar-refractivity contribution in [2.45, 2.75) is 71.4 Å². The highest BCUT2D eigenvalue weighted by molar-refractivity contribution is 6.31. The number of carbonyl (C=O) groups excluding carboxylic acids is 1. The summed E-state index contributed by atoms with van der Waals surface area (Å²) < 4.78 is 0. The molecule has 12 heteroatoms. The minimum absolute atomic E-state index is 0.0139. The number of hydrogen-bond acceptors (Lipinski definition) is 10. The lowest BCUT2D eigenvalue weighted by atomic mass is 9.95. The molecule has 0 aliphatic heterocycles. The second-order valence-electron chi connectivity index (χ2n) is 12.9. The Hall–Kier alpha value is -3.74. The van der Waals surface area contributed by atoms with E-state index in [-0.39, 0.29) is 35.2 Å². The van der Waals surface area contributed by atoms with Gasteiger partial charge in [-0.2, -0.15) is 0 Å². The van der Waals surface area contributed by atoms with Crippen LogP contribution >= 0.6 is 11.6 Å². The van der Waals surface area contributed by atoms with Gasteiger partial charge in [0.15, 0.2) is 16.8 Å². The van der Waals surface area contributed by atoms with E-state index >= 15 is 0 Å². The van der Waals surface area contributed by atoms with Crippen molar-refractivity contribution < 1.29 is 15.0 Å². The molecule has 9 N–H and O–H groups in total. The van der Waals surface area contributed by atoms with Gasteiger partial charge >= 0.3 is 0 Å². The van der Waals surface area contributed by atoms with Crippen molar-refractivity contribution in [1.29, 1.82) is 0 Å². The molecule has 0 aliphatic rings. The summed E-state index contributed by atoms with van der Waals surface area (Å²) in [5, 5.41) is 29.3. The van der Waals surface area contributed by atoms with Crippen molar-refractivity contribution in [3.8, 4) is 0 Å². The van der Waals surface area contributed by atoms with Crippen molar-refractivity contribution >= 4 is 34.8 Å². The molecule has 11 nitrogen and oxygen atoms in total. The summed E-state index contributed by atoms with van der Waals surface area (Å²) in [7, 11) is 0. The van der Waals surface area contributed by atoms with Crippen LogP contribution in [-0.2, 0) is 13.0 Å². The minimum atomic E-state index is -0.507. The van der Waals surface area contributed by atoms with Crippen LogP contribution in [0.1, 0.15) is 78.2 Å². The lowest BCUT2D eigenvalue weighted by Gasteiger charge is -2.24. The number of aromatic nitrogens is 2. The van der Waals surface area contributed by atoms with E-state index in [4.69, 9.17) is 28.2 Å². The Bertz CT molecular complexity index is 1470. The number of unbranched alkanes of at least 4 members (excludes halogenated alkanes) is 3. The first-order valence-corrected chi connectivity index (χ1v) is 18.1. The molecule has 0 saturated heterocycles. The number of hydrogen-bond donors (Lipinski definition) is 7. The van der Waals surface area contributed by atoms with Crippen LogP contribution in [0.4, 0.5) is 11.6 Å². The van der Waals surface area contributed by atoms with Gasteiger partial charge in [-0.3, -0.25) is 4.79 Å². The summed E-state index contributed by atoms with van der Waals surface area (Å²) in [5.74, 6) is 0.352. The number of aliphatic hydroxyl groups is 2. The molecule has 3 rings (SSSR count). The number of anilines is 2. The van der Waals surface area contributed by atoms with Gasteiger partial charge in [0.05, 0.1) is 11.8 Å². The fraction of sp³-hybridized carbons (Fsp3) is 0.500. The molecule has 0 saturated carbocycles. The van der Waals surface area contributed by atoms with Gasteiger partial charge in [-0.25, -0.2) is 9.97 Å². The number of rotatable bonds is 24. The molecule has 2 atom stereocenters. The summed E-state index contributed by atoms with van der Waals surface area (Å²) in [5.41, 5.74) is 16.9. The second kappa shape index (κ2) is 22.2. The highest BCUT2D eigenvalue weighted by Gasteiger charge is 2.16. The Morgan fingerprint density at radius 1 is 0.960 bits per heavy atom. The molecule has 50 heavy (non-hydrogen) atoms. The number of nitrogen functional groups attached to an aromatic ring is 2. The number of aliphatic hydroxyl groups excluding tert-OH is 2. The molecular weight excluding hydrogens is 652 g/mol. The summed E-state index contributed by atoms with van der Waals surface area (Å²) in [4.78, 5) is 23.5. The average molecular weight is 709 g/mol. The number of amides is 1. The molecule has 0 radical (unpaired) electrons. The molecule has 1 aromatic heterocycles. The molecule has 0 bridgehead atoms. The minimum Gasteiger partial charge on any atom is -0.396 e. The van der Waals surface area contributed by atoms with Crippen LogP contribution in [0.15, 0.2) is 55.1 Å². The number of nitrogens with zero attached hydrogens (tertiary/aromatic N) is 3. The predicted molar refractivity (Wildman–Crippen MR) is 205 cm³/mol. The lowest BCUT2D eigenvalue weighted by molar-refractivity contribution is 0.0936. The van der Waals surface area contributed by atoms with E-state index < -0.39 is 6.10 Å². The highest BCUT2D eigenvalue weighted by atomic mass is 35.5. The molecule has 0 aliphatic carbocycles. The fourth-order valence-electron chi connectivity index (χ4n) is 5.73. The largest absolute Gasteiger partial charge is 0.396 e. The topological polar surface area (TPSA) is 175 Å². The van der Waals surface area contributed by atoms with E-state index in [1.165, 1.54) is 30.4 Å². The predicted octanol–water partition coefficient (Wildman–Crippen LogP) is 4.56. The van der Waals surface area contributed by atoms with Gasteiger partial charge < -0.3 is 42.5 Å². The molecule has 1 amide bonds. The number of nitrogens with one attached hydrogen (secondary N) is 3. The Morgan fingerprint density at radius 3 is 2.44 bits per heavy atom. The summed E-state index contributed by atoms with van der Waals surface area (Å²) in [6.07, 6.45) is 5.99. The SMILES string of the molecule is C=C(NC[C@H](CNCc1ccc(C(=O)NCCN(CCCCCC)CC[C@H](O)CCO)cc1)Cc1ccccc1C)c1nc(Cl)c(N)nc1N. The van der Waals surface area contributed by atoms with Gasteiger partial charge in [-0.1, -0.05) is 80.8 Å². The molecule has 3 aromatic rings. The molecule has 2 aromatic carbocycles. The standard InChI is InChI=1S/C38H57ClN8O3/c1-4-5-6-9-19-47(20-16-33(49)17-22-48)21-18-43-38(50)31-14-12-29(13-15-31)24-42-25-30(23-32-11-8-7-10-27(32)2)26-44-28(3)34-36(40)46-37(41)35(39)45-34/h7-8,10-15,30,33,42,44,48-49H,3-6,9,16-26H2,1-2H3,(H,43,50)(H4,40,41,46)/t30-,33-/m0/s1. The quantitative estimate of drug-likeness (QED) is 0.0654. The Labute approximate surface area is 302 Å². The number of nitrogens with two attached hydrogens (primary N) is 2. The lowest BCUT2D eigenvalue weighted by Crippen LogP contribution is -2.37. The molecule has 274 valence electrons.